The predicted octanol–water partition coefficient (Wildman–Crippen LogP) is 3.72. The third-order valence-corrected chi connectivity index (χ3v) is 5.98. The average molecular weight is 435 g/mol. The van der Waals surface area contributed by atoms with E-state index in [1.807, 2.05) is 6.92 Å². The zero-order chi connectivity index (χ0) is 21.8. The van der Waals surface area contributed by atoms with Crippen molar-refractivity contribution in [2.24, 2.45) is 0 Å². The molecule has 0 spiro atoms. The van der Waals surface area contributed by atoms with Gasteiger partial charge in [0.1, 0.15) is 5.82 Å². The van der Waals surface area contributed by atoms with Gasteiger partial charge in [-0.3, -0.25) is 4.90 Å². The second-order valence-electron chi connectivity index (χ2n) is 8.12. The molecule has 168 valence electrons. The highest BCUT2D eigenvalue weighted by molar-refractivity contribution is 5.48. The number of hydrogen-bond acceptors (Lipinski definition) is 6. The van der Waals surface area contributed by atoms with E-state index in [0.29, 0.717) is 23.4 Å². The van der Waals surface area contributed by atoms with Crippen LogP contribution in [0.2, 0.25) is 0 Å². The Hall–Kier alpha value is -2.39. The van der Waals surface area contributed by atoms with Gasteiger partial charge in [-0.25, -0.2) is 4.98 Å². The van der Waals surface area contributed by atoms with Crippen molar-refractivity contribution in [1.82, 2.24) is 14.9 Å². The second-order valence-corrected chi connectivity index (χ2v) is 8.12. The summed E-state index contributed by atoms with van der Waals surface area (Å²) in [5.74, 6) is 1.32. The van der Waals surface area contributed by atoms with Crippen molar-refractivity contribution in [3.8, 4) is 0 Å². The highest BCUT2D eigenvalue weighted by Gasteiger charge is 2.30. The maximum atomic E-state index is 12.9. The zero-order valence-corrected chi connectivity index (χ0v) is 17.7. The van der Waals surface area contributed by atoms with E-state index < -0.39 is 11.7 Å². The fourth-order valence-electron chi connectivity index (χ4n) is 4.18. The van der Waals surface area contributed by atoms with E-state index in [0.717, 1.165) is 63.9 Å². The first kappa shape index (κ1) is 21.8. The summed E-state index contributed by atoms with van der Waals surface area (Å²) in [6.07, 6.45) is -0.458. The first-order chi connectivity index (χ1) is 14.9. The van der Waals surface area contributed by atoms with Gasteiger partial charge in [0.05, 0.1) is 18.8 Å². The van der Waals surface area contributed by atoms with Crippen molar-refractivity contribution in [2.75, 3.05) is 49.6 Å². The summed E-state index contributed by atoms with van der Waals surface area (Å²) in [4.78, 5) is 13.9. The lowest BCUT2D eigenvalue weighted by atomic mass is 10.0. The smallest absolute Gasteiger partial charge is 0.379 e. The Morgan fingerprint density at radius 3 is 2.58 bits per heavy atom. The molecule has 0 bridgehead atoms. The molecule has 4 rings (SSSR count). The first-order valence-electron chi connectivity index (χ1n) is 10.7. The topological polar surface area (TPSA) is 53.5 Å². The molecule has 2 aliphatic heterocycles. The van der Waals surface area contributed by atoms with Gasteiger partial charge < -0.3 is 15.0 Å². The van der Waals surface area contributed by atoms with Crippen LogP contribution in [-0.2, 0) is 17.5 Å². The van der Waals surface area contributed by atoms with Gasteiger partial charge in [-0.15, -0.1) is 0 Å². The molecule has 2 saturated heterocycles. The Balaban J connectivity index is 1.38. The summed E-state index contributed by atoms with van der Waals surface area (Å²) < 4.78 is 44.3. The molecule has 0 atom stereocenters. The fraction of sp³-hybridized carbons (Fsp3) is 0.545. The molecule has 2 fully saturated rings. The second kappa shape index (κ2) is 9.40. The normalized spacial score (nSPS) is 18.9. The molecule has 0 aliphatic carbocycles. The van der Waals surface area contributed by atoms with Gasteiger partial charge in [0.15, 0.2) is 0 Å². The van der Waals surface area contributed by atoms with Crippen LogP contribution >= 0.6 is 0 Å². The van der Waals surface area contributed by atoms with E-state index in [2.05, 4.69) is 25.1 Å². The van der Waals surface area contributed by atoms with Crippen LogP contribution in [0.4, 0.5) is 24.9 Å². The molecule has 0 radical (unpaired) electrons. The fourth-order valence-corrected chi connectivity index (χ4v) is 4.18. The number of anilines is 2. The van der Waals surface area contributed by atoms with Crippen LogP contribution in [0.25, 0.3) is 0 Å². The Kier molecular flexibility index (Phi) is 6.62. The molecule has 2 aliphatic rings. The van der Waals surface area contributed by atoms with E-state index >= 15 is 0 Å². The largest absolute Gasteiger partial charge is 0.416 e. The maximum absolute atomic E-state index is 12.9. The molecule has 0 amide bonds. The van der Waals surface area contributed by atoms with Crippen LogP contribution in [0.1, 0.15) is 29.5 Å². The van der Waals surface area contributed by atoms with Crippen molar-refractivity contribution in [3.63, 3.8) is 0 Å². The predicted molar refractivity (Wildman–Crippen MR) is 113 cm³/mol. The number of halogens is 3. The van der Waals surface area contributed by atoms with Gasteiger partial charge >= 0.3 is 6.18 Å². The Bertz CT molecular complexity index is 878. The minimum atomic E-state index is -4.35. The molecular weight excluding hydrogens is 407 g/mol. The molecule has 2 aromatic rings. The number of alkyl halides is 3. The van der Waals surface area contributed by atoms with Gasteiger partial charge in [0.25, 0.3) is 0 Å². The number of hydrogen-bond donors (Lipinski definition) is 1. The molecule has 0 unspecified atom stereocenters. The van der Waals surface area contributed by atoms with Crippen LogP contribution in [0.5, 0.6) is 0 Å². The number of aromatic nitrogens is 2. The van der Waals surface area contributed by atoms with E-state index in [1.54, 1.807) is 12.3 Å². The van der Waals surface area contributed by atoms with Crippen LogP contribution < -0.4 is 10.2 Å². The molecule has 0 saturated carbocycles. The summed E-state index contributed by atoms with van der Waals surface area (Å²) in [6.45, 7) is 7.54. The van der Waals surface area contributed by atoms with Gasteiger partial charge in [0.2, 0.25) is 5.95 Å². The van der Waals surface area contributed by atoms with E-state index in [4.69, 9.17) is 4.74 Å². The third-order valence-electron chi connectivity index (χ3n) is 5.98. The number of nitrogens with zero attached hydrogens (tertiary/aromatic N) is 4. The molecule has 31 heavy (non-hydrogen) atoms. The zero-order valence-electron chi connectivity index (χ0n) is 17.7. The SMILES string of the molecule is Cc1cnc(N2CCC(N3CCOCC3)CC2)nc1NCc1cccc(C(F)(F)F)c1. The Morgan fingerprint density at radius 2 is 1.87 bits per heavy atom. The van der Waals surface area contributed by atoms with Gasteiger partial charge in [0, 0.05) is 50.5 Å². The highest BCUT2D eigenvalue weighted by atomic mass is 19.4. The average Bonchev–Trinajstić information content (AvgIpc) is 2.79. The molecule has 6 nitrogen and oxygen atoms in total. The summed E-state index contributed by atoms with van der Waals surface area (Å²) in [6, 6.07) is 5.93. The van der Waals surface area contributed by atoms with Crippen LogP contribution in [-0.4, -0.2) is 60.3 Å². The summed E-state index contributed by atoms with van der Waals surface area (Å²) in [5.41, 5.74) is 0.773. The number of nitrogens with one attached hydrogen (secondary N) is 1. The van der Waals surface area contributed by atoms with Crippen molar-refractivity contribution in [3.05, 3.63) is 47.2 Å². The van der Waals surface area contributed by atoms with Gasteiger partial charge in [-0.1, -0.05) is 12.1 Å². The highest BCUT2D eigenvalue weighted by Crippen LogP contribution is 2.30. The minimum Gasteiger partial charge on any atom is -0.379 e. The van der Waals surface area contributed by atoms with Crippen LogP contribution in [0.3, 0.4) is 0 Å². The number of ether oxygens (including phenoxy) is 1. The Morgan fingerprint density at radius 1 is 1.13 bits per heavy atom. The lowest BCUT2D eigenvalue weighted by molar-refractivity contribution is -0.137. The number of aryl methyl sites for hydroxylation is 1. The van der Waals surface area contributed by atoms with Gasteiger partial charge in [-0.05, 0) is 37.5 Å². The Labute approximate surface area is 180 Å². The monoisotopic (exact) mass is 435 g/mol. The summed E-state index contributed by atoms with van der Waals surface area (Å²) in [5, 5.41) is 3.18. The third kappa shape index (κ3) is 5.46. The summed E-state index contributed by atoms with van der Waals surface area (Å²) in [7, 11) is 0. The molecule has 3 heterocycles. The number of benzene rings is 1. The van der Waals surface area contributed by atoms with Crippen LogP contribution in [0.15, 0.2) is 30.5 Å². The van der Waals surface area contributed by atoms with Crippen molar-refractivity contribution < 1.29 is 17.9 Å². The summed E-state index contributed by atoms with van der Waals surface area (Å²) >= 11 is 0. The molecule has 1 aromatic carbocycles. The lowest BCUT2D eigenvalue weighted by Crippen LogP contribution is -2.49. The van der Waals surface area contributed by atoms with Crippen molar-refractivity contribution in [1.29, 1.82) is 0 Å². The van der Waals surface area contributed by atoms with E-state index in [9.17, 15) is 13.2 Å². The lowest BCUT2D eigenvalue weighted by Gasteiger charge is -2.40. The molecule has 9 heteroatoms. The van der Waals surface area contributed by atoms with Gasteiger partial charge in [-0.2, -0.15) is 18.2 Å². The number of piperidine rings is 1. The molecule has 1 aromatic heterocycles. The standard InChI is InChI=1S/C22H28F3N5O/c1-16-14-27-21(30-7-5-19(6-8-30)29-9-11-31-12-10-29)28-20(16)26-15-17-3-2-4-18(13-17)22(23,24)25/h2-4,13-14,19H,5-12,15H2,1H3,(H,26,27,28). The van der Waals surface area contributed by atoms with E-state index in [-0.39, 0.29) is 6.54 Å². The molecular formula is C22H28F3N5O. The quantitative estimate of drug-likeness (QED) is 0.773. The van der Waals surface area contributed by atoms with Crippen LogP contribution in [0, 0.1) is 6.92 Å². The van der Waals surface area contributed by atoms with Crippen molar-refractivity contribution >= 4 is 11.8 Å². The maximum Gasteiger partial charge on any atom is 0.416 e. The number of rotatable bonds is 5. The number of morpholine rings is 1. The van der Waals surface area contributed by atoms with E-state index in [1.165, 1.54) is 12.1 Å². The first-order valence-corrected chi connectivity index (χ1v) is 10.7. The molecule has 1 N–H and O–H groups in total. The minimum absolute atomic E-state index is 0.264. The van der Waals surface area contributed by atoms with Crippen molar-refractivity contribution in [2.45, 2.75) is 38.5 Å².